The van der Waals surface area contributed by atoms with Crippen molar-refractivity contribution in [2.24, 2.45) is 0 Å². The monoisotopic (exact) mass is 356 g/mol. The first-order valence-corrected chi connectivity index (χ1v) is 9.61. The van der Waals surface area contributed by atoms with Gasteiger partial charge in [-0.1, -0.05) is 18.2 Å². The summed E-state index contributed by atoms with van der Waals surface area (Å²) in [4.78, 5) is 4.48. The topological polar surface area (TPSA) is 59.5 Å². The second-order valence-corrected chi connectivity index (χ2v) is 7.26. The van der Waals surface area contributed by atoms with Gasteiger partial charge in [-0.05, 0) is 50.2 Å². The van der Waals surface area contributed by atoms with E-state index in [4.69, 9.17) is 4.74 Å². The van der Waals surface area contributed by atoms with E-state index in [1.54, 1.807) is 48.7 Å². The smallest absolute Gasteiger partial charge is 0.266 e. The first-order chi connectivity index (χ1) is 12.1. The Labute approximate surface area is 147 Å². The van der Waals surface area contributed by atoms with Crippen LogP contribution in [0.2, 0.25) is 0 Å². The highest BCUT2D eigenvalue weighted by atomic mass is 32.2. The van der Waals surface area contributed by atoms with Crippen molar-refractivity contribution in [3.05, 3.63) is 60.8 Å². The molecule has 0 aliphatic rings. The summed E-state index contributed by atoms with van der Waals surface area (Å²) in [5, 5.41) is 0.798. The van der Waals surface area contributed by atoms with Gasteiger partial charge in [0.2, 0.25) is 0 Å². The van der Waals surface area contributed by atoms with E-state index in [1.807, 2.05) is 26.0 Å². The van der Waals surface area contributed by atoms with Crippen molar-refractivity contribution in [1.29, 1.82) is 0 Å². The number of anilines is 1. The molecule has 6 heteroatoms. The SMILES string of the molecule is CCOc1ccc(N(CC)S(=O)(=O)c2cccc3cccnc23)cc1. The van der Waals surface area contributed by atoms with Gasteiger partial charge >= 0.3 is 0 Å². The molecule has 0 unspecified atom stereocenters. The number of rotatable bonds is 6. The Kier molecular flexibility index (Phi) is 4.90. The van der Waals surface area contributed by atoms with Crippen molar-refractivity contribution in [1.82, 2.24) is 4.98 Å². The molecule has 25 heavy (non-hydrogen) atoms. The maximum atomic E-state index is 13.2. The number of hydrogen-bond donors (Lipinski definition) is 0. The van der Waals surface area contributed by atoms with Crippen molar-refractivity contribution in [2.45, 2.75) is 18.7 Å². The van der Waals surface area contributed by atoms with Crippen LogP contribution >= 0.6 is 0 Å². The zero-order valence-corrected chi connectivity index (χ0v) is 15.0. The highest BCUT2D eigenvalue weighted by molar-refractivity contribution is 7.93. The molecule has 0 saturated carbocycles. The second kappa shape index (κ2) is 7.11. The highest BCUT2D eigenvalue weighted by Crippen LogP contribution is 2.29. The van der Waals surface area contributed by atoms with Crippen molar-refractivity contribution < 1.29 is 13.2 Å². The van der Waals surface area contributed by atoms with E-state index in [2.05, 4.69) is 4.98 Å². The van der Waals surface area contributed by atoms with Crippen LogP contribution in [0.25, 0.3) is 10.9 Å². The number of para-hydroxylation sites is 1. The van der Waals surface area contributed by atoms with Gasteiger partial charge in [-0.25, -0.2) is 8.42 Å². The summed E-state index contributed by atoms with van der Waals surface area (Å²) in [5.41, 5.74) is 1.08. The first-order valence-electron chi connectivity index (χ1n) is 8.17. The molecule has 5 nitrogen and oxygen atoms in total. The van der Waals surface area contributed by atoms with Crippen LogP contribution in [0, 0.1) is 0 Å². The average molecular weight is 356 g/mol. The van der Waals surface area contributed by atoms with E-state index in [9.17, 15) is 8.42 Å². The maximum absolute atomic E-state index is 13.2. The van der Waals surface area contributed by atoms with Crippen molar-refractivity contribution in [3.8, 4) is 5.75 Å². The van der Waals surface area contributed by atoms with Gasteiger partial charge in [-0.2, -0.15) is 0 Å². The van der Waals surface area contributed by atoms with Crippen LogP contribution in [-0.4, -0.2) is 26.6 Å². The molecule has 0 atom stereocenters. The minimum atomic E-state index is -3.73. The molecule has 0 bridgehead atoms. The summed E-state index contributed by atoms with van der Waals surface area (Å²) in [5.74, 6) is 0.714. The number of hydrogen-bond acceptors (Lipinski definition) is 4. The molecule has 3 aromatic rings. The fraction of sp³-hybridized carbons (Fsp3) is 0.211. The van der Waals surface area contributed by atoms with Crippen LogP contribution in [-0.2, 0) is 10.0 Å². The van der Waals surface area contributed by atoms with Crippen LogP contribution in [0.15, 0.2) is 65.7 Å². The lowest BCUT2D eigenvalue weighted by molar-refractivity contribution is 0.340. The number of pyridine rings is 1. The zero-order chi connectivity index (χ0) is 17.9. The number of nitrogens with zero attached hydrogens (tertiary/aromatic N) is 2. The fourth-order valence-electron chi connectivity index (χ4n) is 2.77. The van der Waals surface area contributed by atoms with Crippen molar-refractivity contribution >= 4 is 26.6 Å². The Hall–Kier alpha value is -2.60. The highest BCUT2D eigenvalue weighted by Gasteiger charge is 2.26. The van der Waals surface area contributed by atoms with Crippen LogP contribution in [0.3, 0.4) is 0 Å². The van der Waals surface area contributed by atoms with Gasteiger partial charge in [-0.15, -0.1) is 0 Å². The molecule has 1 heterocycles. The van der Waals surface area contributed by atoms with Gasteiger partial charge in [0.25, 0.3) is 10.0 Å². The quantitative estimate of drug-likeness (QED) is 0.673. The third-order valence-electron chi connectivity index (χ3n) is 3.89. The normalized spacial score (nSPS) is 11.4. The standard InChI is InChI=1S/C19H20N2O3S/c1-3-21(16-10-12-17(13-11-16)24-4-2)25(22,23)18-9-5-7-15-8-6-14-20-19(15)18/h5-14H,3-4H2,1-2H3. The summed E-state index contributed by atoms with van der Waals surface area (Å²) in [6.45, 7) is 4.60. The van der Waals surface area contributed by atoms with Crippen LogP contribution in [0.4, 0.5) is 5.69 Å². The lowest BCUT2D eigenvalue weighted by atomic mass is 10.2. The Morgan fingerprint density at radius 3 is 2.40 bits per heavy atom. The largest absolute Gasteiger partial charge is 0.494 e. The third-order valence-corrected chi connectivity index (χ3v) is 5.82. The molecule has 0 N–H and O–H groups in total. The maximum Gasteiger partial charge on any atom is 0.266 e. The molecule has 0 saturated heterocycles. The Morgan fingerprint density at radius 2 is 1.72 bits per heavy atom. The van der Waals surface area contributed by atoms with Gasteiger partial charge in [0.1, 0.15) is 10.6 Å². The van der Waals surface area contributed by atoms with Crippen molar-refractivity contribution in [2.75, 3.05) is 17.5 Å². The average Bonchev–Trinajstić information content (AvgIpc) is 2.63. The Morgan fingerprint density at radius 1 is 1.00 bits per heavy atom. The number of benzene rings is 2. The minimum absolute atomic E-state index is 0.210. The summed E-state index contributed by atoms with van der Waals surface area (Å²) in [6.07, 6.45) is 1.61. The number of sulfonamides is 1. The zero-order valence-electron chi connectivity index (χ0n) is 14.2. The first kappa shape index (κ1) is 17.2. The Bertz CT molecular complexity index is 964. The number of fused-ring (bicyclic) bond motifs is 1. The molecule has 130 valence electrons. The van der Waals surface area contributed by atoms with Crippen LogP contribution in [0.5, 0.6) is 5.75 Å². The number of ether oxygens (including phenoxy) is 1. The summed E-state index contributed by atoms with van der Waals surface area (Å²) in [6, 6.07) is 15.9. The van der Waals surface area contributed by atoms with E-state index in [0.717, 1.165) is 5.39 Å². The molecule has 0 aliphatic heterocycles. The molecule has 0 fully saturated rings. The lowest BCUT2D eigenvalue weighted by Crippen LogP contribution is -2.31. The van der Waals surface area contributed by atoms with E-state index in [-0.39, 0.29) is 4.90 Å². The minimum Gasteiger partial charge on any atom is -0.494 e. The molecule has 0 aliphatic carbocycles. The van der Waals surface area contributed by atoms with Crippen LogP contribution < -0.4 is 9.04 Å². The molecular weight excluding hydrogens is 336 g/mol. The van der Waals surface area contributed by atoms with Gasteiger partial charge in [0.05, 0.1) is 17.8 Å². The summed E-state index contributed by atoms with van der Waals surface area (Å²) < 4.78 is 33.3. The Balaban J connectivity index is 2.07. The summed E-state index contributed by atoms with van der Waals surface area (Å²) in [7, 11) is -3.73. The molecule has 2 aromatic carbocycles. The molecular formula is C19H20N2O3S. The summed E-state index contributed by atoms with van der Waals surface area (Å²) >= 11 is 0. The van der Waals surface area contributed by atoms with Gasteiger partial charge in [-0.3, -0.25) is 9.29 Å². The second-order valence-electron chi connectivity index (χ2n) is 5.43. The van der Waals surface area contributed by atoms with E-state index < -0.39 is 10.0 Å². The molecule has 1 aromatic heterocycles. The van der Waals surface area contributed by atoms with Gasteiger partial charge in [0.15, 0.2) is 0 Å². The molecule has 0 spiro atoms. The van der Waals surface area contributed by atoms with Crippen LogP contribution in [0.1, 0.15) is 13.8 Å². The predicted octanol–water partition coefficient (Wildman–Crippen LogP) is 3.85. The van der Waals surface area contributed by atoms with Gasteiger partial charge < -0.3 is 4.74 Å². The number of aromatic nitrogens is 1. The molecule has 0 amide bonds. The molecule has 0 radical (unpaired) electrons. The van der Waals surface area contributed by atoms with Gasteiger partial charge in [0, 0.05) is 18.1 Å². The fourth-order valence-corrected chi connectivity index (χ4v) is 4.41. The van der Waals surface area contributed by atoms with E-state index in [1.165, 1.54) is 4.31 Å². The van der Waals surface area contributed by atoms with E-state index in [0.29, 0.717) is 30.1 Å². The van der Waals surface area contributed by atoms with Crippen molar-refractivity contribution in [3.63, 3.8) is 0 Å². The predicted molar refractivity (Wildman–Crippen MR) is 99.6 cm³/mol. The third kappa shape index (κ3) is 3.30. The van der Waals surface area contributed by atoms with E-state index >= 15 is 0 Å². The lowest BCUT2D eigenvalue weighted by Gasteiger charge is -2.23. The molecule has 3 rings (SSSR count).